The van der Waals surface area contributed by atoms with E-state index in [0.29, 0.717) is 6.61 Å². The zero-order valence-electron chi connectivity index (χ0n) is 11.3. The van der Waals surface area contributed by atoms with E-state index in [1.54, 1.807) is 0 Å². The Morgan fingerprint density at radius 2 is 1.84 bits per heavy atom. The molecule has 2 rings (SSSR count). The molecule has 1 aliphatic carbocycles. The Hall–Kier alpha value is -1.73. The van der Waals surface area contributed by atoms with Crippen molar-refractivity contribution in [2.24, 2.45) is 11.7 Å². The lowest BCUT2D eigenvalue weighted by Crippen LogP contribution is -2.46. The van der Waals surface area contributed by atoms with Gasteiger partial charge in [-0.2, -0.15) is 5.26 Å². The first-order chi connectivity index (χ1) is 9.18. The van der Waals surface area contributed by atoms with E-state index in [1.807, 2.05) is 24.3 Å². The lowest BCUT2D eigenvalue weighted by atomic mass is 9.98. The quantitative estimate of drug-likeness (QED) is 0.817. The van der Waals surface area contributed by atoms with Crippen LogP contribution >= 0.6 is 0 Å². The third kappa shape index (κ3) is 3.62. The van der Waals surface area contributed by atoms with E-state index in [4.69, 9.17) is 20.5 Å². The monoisotopic (exact) mass is 260 g/mol. The third-order valence-electron chi connectivity index (χ3n) is 3.29. The highest BCUT2D eigenvalue weighted by molar-refractivity contribution is 5.31. The number of nitrogens with two attached hydrogens (primary N) is 1. The van der Waals surface area contributed by atoms with Gasteiger partial charge in [-0.05, 0) is 49.4 Å². The molecule has 1 aliphatic rings. The van der Waals surface area contributed by atoms with Gasteiger partial charge in [0.1, 0.15) is 23.6 Å². The molecule has 1 aromatic carbocycles. The van der Waals surface area contributed by atoms with Crippen LogP contribution in [0.15, 0.2) is 24.3 Å². The molecule has 0 saturated heterocycles. The molecule has 0 heterocycles. The summed E-state index contributed by atoms with van der Waals surface area (Å²) < 4.78 is 11.1. The average Bonchev–Trinajstić information content (AvgIpc) is 3.28. The second-order valence-electron chi connectivity index (χ2n) is 5.03. The molecule has 0 bridgehead atoms. The highest BCUT2D eigenvalue weighted by Gasteiger charge is 2.43. The van der Waals surface area contributed by atoms with Gasteiger partial charge in [0.25, 0.3) is 0 Å². The van der Waals surface area contributed by atoms with Gasteiger partial charge in [-0.25, -0.2) is 0 Å². The molecule has 1 aromatic rings. The van der Waals surface area contributed by atoms with Crippen LogP contribution in [0, 0.1) is 17.2 Å². The van der Waals surface area contributed by atoms with Gasteiger partial charge in [-0.1, -0.05) is 6.92 Å². The van der Waals surface area contributed by atoms with Gasteiger partial charge in [0.05, 0.1) is 12.7 Å². The van der Waals surface area contributed by atoms with Gasteiger partial charge < -0.3 is 15.2 Å². The Labute approximate surface area is 114 Å². The number of benzene rings is 1. The Morgan fingerprint density at radius 1 is 1.26 bits per heavy atom. The lowest BCUT2D eigenvalue weighted by molar-refractivity contribution is 0.236. The number of nitriles is 1. The Bertz CT molecular complexity index is 448. The van der Waals surface area contributed by atoms with Crippen molar-refractivity contribution in [1.29, 1.82) is 5.26 Å². The van der Waals surface area contributed by atoms with Gasteiger partial charge >= 0.3 is 0 Å². The van der Waals surface area contributed by atoms with Crippen LogP contribution in [0.3, 0.4) is 0 Å². The molecule has 19 heavy (non-hydrogen) atoms. The molecule has 0 spiro atoms. The van der Waals surface area contributed by atoms with Gasteiger partial charge in [-0.3, -0.25) is 0 Å². The van der Waals surface area contributed by atoms with Crippen LogP contribution < -0.4 is 15.2 Å². The van der Waals surface area contributed by atoms with Crippen LogP contribution in [0.25, 0.3) is 0 Å². The van der Waals surface area contributed by atoms with E-state index in [2.05, 4.69) is 13.0 Å². The molecule has 1 atom stereocenters. The number of nitrogens with zero attached hydrogens (tertiary/aromatic N) is 1. The first kappa shape index (κ1) is 13.7. The highest BCUT2D eigenvalue weighted by Crippen LogP contribution is 2.38. The zero-order valence-corrected chi connectivity index (χ0v) is 11.3. The summed E-state index contributed by atoms with van der Waals surface area (Å²) in [5.74, 6) is 1.83. The standard InChI is InChI=1S/C15H20N2O2/c1-2-9-18-13-5-7-14(8-6-13)19-11-15(17,10-16)12-3-4-12/h5-8,12H,2-4,9,11,17H2,1H3. The zero-order chi connectivity index (χ0) is 13.7. The summed E-state index contributed by atoms with van der Waals surface area (Å²) in [6, 6.07) is 9.60. The van der Waals surface area contributed by atoms with Crippen molar-refractivity contribution in [3.63, 3.8) is 0 Å². The molecular formula is C15H20N2O2. The average molecular weight is 260 g/mol. The van der Waals surface area contributed by atoms with E-state index in [0.717, 1.165) is 30.8 Å². The number of hydrogen-bond acceptors (Lipinski definition) is 4. The van der Waals surface area contributed by atoms with Crippen molar-refractivity contribution in [2.75, 3.05) is 13.2 Å². The topological polar surface area (TPSA) is 68.3 Å². The summed E-state index contributed by atoms with van der Waals surface area (Å²) in [5.41, 5.74) is 5.19. The number of rotatable bonds is 7. The maximum Gasteiger partial charge on any atom is 0.141 e. The molecule has 0 radical (unpaired) electrons. The summed E-state index contributed by atoms with van der Waals surface area (Å²) in [7, 11) is 0. The van der Waals surface area contributed by atoms with Crippen molar-refractivity contribution >= 4 is 0 Å². The van der Waals surface area contributed by atoms with Gasteiger partial charge in [0.2, 0.25) is 0 Å². The van der Waals surface area contributed by atoms with Crippen molar-refractivity contribution in [3.05, 3.63) is 24.3 Å². The number of hydrogen-bond donors (Lipinski definition) is 1. The van der Waals surface area contributed by atoms with Crippen LogP contribution in [0.4, 0.5) is 0 Å². The molecule has 4 nitrogen and oxygen atoms in total. The first-order valence-corrected chi connectivity index (χ1v) is 6.74. The molecule has 0 amide bonds. The van der Waals surface area contributed by atoms with E-state index in [1.165, 1.54) is 0 Å². The summed E-state index contributed by atoms with van der Waals surface area (Å²) in [6.45, 7) is 3.02. The minimum atomic E-state index is -0.850. The lowest BCUT2D eigenvalue weighted by Gasteiger charge is -2.21. The molecule has 1 fully saturated rings. The largest absolute Gasteiger partial charge is 0.494 e. The number of ether oxygens (including phenoxy) is 2. The summed E-state index contributed by atoms with van der Waals surface area (Å²) in [6.07, 6.45) is 3.03. The van der Waals surface area contributed by atoms with Crippen LogP contribution in [-0.4, -0.2) is 18.8 Å². The molecular weight excluding hydrogens is 240 g/mol. The maximum atomic E-state index is 9.14. The second-order valence-corrected chi connectivity index (χ2v) is 5.03. The summed E-state index contributed by atoms with van der Waals surface area (Å²) in [5, 5.41) is 9.14. The predicted molar refractivity (Wildman–Crippen MR) is 73.0 cm³/mol. The Kier molecular flexibility index (Phi) is 4.28. The van der Waals surface area contributed by atoms with E-state index in [9.17, 15) is 0 Å². The third-order valence-corrected chi connectivity index (χ3v) is 3.29. The Morgan fingerprint density at radius 3 is 2.32 bits per heavy atom. The minimum absolute atomic E-state index is 0.239. The maximum absolute atomic E-state index is 9.14. The SMILES string of the molecule is CCCOc1ccc(OCC(N)(C#N)C2CC2)cc1. The van der Waals surface area contributed by atoms with Crippen LogP contribution in [-0.2, 0) is 0 Å². The second kappa shape index (κ2) is 5.94. The van der Waals surface area contributed by atoms with E-state index < -0.39 is 5.54 Å². The molecule has 102 valence electrons. The predicted octanol–water partition coefficient (Wildman–Crippen LogP) is 2.49. The van der Waals surface area contributed by atoms with Gasteiger partial charge in [-0.15, -0.1) is 0 Å². The summed E-state index contributed by atoms with van der Waals surface area (Å²) >= 11 is 0. The first-order valence-electron chi connectivity index (χ1n) is 6.74. The molecule has 0 aromatic heterocycles. The van der Waals surface area contributed by atoms with Crippen LogP contribution in [0.1, 0.15) is 26.2 Å². The molecule has 0 aliphatic heterocycles. The van der Waals surface area contributed by atoms with Crippen LogP contribution in [0.5, 0.6) is 11.5 Å². The fourth-order valence-electron chi connectivity index (χ4n) is 1.89. The molecule has 1 unspecified atom stereocenters. The van der Waals surface area contributed by atoms with Crippen molar-refractivity contribution in [1.82, 2.24) is 0 Å². The van der Waals surface area contributed by atoms with E-state index in [-0.39, 0.29) is 12.5 Å². The molecule has 1 saturated carbocycles. The van der Waals surface area contributed by atoms with Gasteiger partial charge in [0, 0.05) is 0 Å². The van der Waals surface area contributed by atoms with Crippen molar-refractivity contribution in [3.8, 4) is 17.6 Å². The highest BCUT2D eigenvalue weighted by atomic mass is 16.5. The fraction of sp³-hybridized carbons (Fsp3) is 0.533. The Balaban J connectivity index is 1.87. The van der Waals surface area contributed by atoms with Crippen molar-refractivity contribution in [2.45, 2.75) is 31.7 Å². The summed E-state index contributed by atoms with van der Waals surface area (Å²) in [4.78, 5) is 0. The minimum Gasteiger partial charge on any atom is -0.494 e. The smallest absolute Gasteiger partial charge is 0.141 e. The normalized spacial score (nSPS) is 17.3. The van der Waals surface area contributed by atoms with Crippen molar-refractivity contribution < 1.29 is 9.47 Å². The fourth-order valence-corrected chi connectivity index (χ4v) is 1.89. The molecule has 4 heteroatoms. The molecule has 2 N–H and O–H groups in total. The van der Waals surface area contributed by atoms with E-state index >= 15 is 0 Å². The van der Waals surface area contributed by atoms with Crippen LogP contribution in [0.2, 0.25) is 0 Å². The van der Waals surface area contributed by atoms with Gasteiger partial charge in [0.15, 0.2) is 0 Å².